The molecular formula is C14H12ClN3O5S. The van der Waals surface area contributed by atoms with Crippen LogP contribution in [0.25, 0.3) is 0 Å². The van der Waals surface area contributed by atoms with E-state index in [1.54, 1.807) is 12.1 Å². The number of non-ortho nitro benzene ring substituents is 1. The van der Waals surface area contributed by atoms with Gasteiger partial charge < -0.3 is 10.8 Å². The number of benzene rings is 1. The largest absolute Gasteiger partial charge is 0.477 e. The van der Waals surface area contributed by atoms with Crippen LogP contribution in [0.4, 0.5) is 5.69 Å². The second-order valence-corrected chi connectivity index (χ2v) is 7.11. The van der Waals surface area contributed by atoms with E-state index in [1.807, 2.05) is 0 Å². The first-order valence-corrected chi connectivity index (χ1v) is 8.23. The van der Waals surface area contributed by atoms with Gasteiger partial charge in [-0.05, 0) is 12.0 Å². The first kappa shape index (κ1) is 16.7. The molecule has 1 aromatic carbocycles. The van der Waals surface area contributed by atoms with Gasteiger partial charge in [0, 0.05) is 17.4 Å². The molecule has 1 saturated heterocycles. The molecule has 2 aliphatic rings. The second kappa shape index (κ2) is 6.08. The van der Waals surface area contributed by atoms with E-state index < -0.39 is 28.2 Å². The fourth-order valence-electron chi connectivity index (χ4n) is 2.68. The standard InChI is InChI=1S/C14H12ClN3O5S/c15-9-8(5-6-1-3-7(4-2-6)18(22)23)24-13-10(16)12(19)17(13)11(9)14(20)21/h1-4,8,10,13H,5,16H2,(H,20,21)/t8?,10?,13-/m1/s1. The Kier molecular flexibility index (Phi) is 4.24. The molecule has 0 saturated carbocycles. The molecule has 0 aromatic heterocycles. The highest BCUT2D eigenvalue weighted by atomic mass is 35.5. The third-order valence-electron chi connectivity index (χ3n) is 3.91. The molecule has 0 aliphatic carbocycles. The number of hydrogen-bond acceptors (Lipinski definition) is 6. The number of aliphatic carboxylic acids is 1. The van der Waals surface area contributed by atoms with Crippen molar-refractivity contribution in [2.24, 2.45) is 5.73 Å². The molecule has 1 fully saturated rings. The molecule has 126 valence electrons. The summed E-state index contributed by atoms with van der Waals surface area (Å²) >= 11 is 7.54. The number of carbonyl (C=O) groups excluding carboxylic acids is 1. The Bertz CT molecular complexity index is 766. The van der Waals surface area contributed by atoms with E-state index in [4.69, 9.17) is 17.3 Å². The summed E-state index contributed by atoms with van der Waals surface area (Å²) in [5.41, 5.74) is 6.26. The van der Waals surface area contributed by atoms with E-state index >= 15 is 0 Å². The lowest BCUT2D eigenvalue weighted by Crippen LogP contribution is -2.69. The number of fused-ring (bicyclic) bond motifs is 1. The van der Waals surface area contributed by atoms with Gasteiger partial charge in [-0.2, -0.15) is 0 Å². The fraction of sp³-hybridized carbons (Fsp3) is 0.286. The number of hydrogen-bond donors (Lipinski definition) is 2. The zero-order valence-corrected chi connectivity index (χ0v) is 13.7. The molecule has 2 unspecified atom stereocenters. The summed E-state index contributed by atoms with van der Waals surface area (Å²) in [4.78, 5) is 34.6. The van der Waals surface area contributed by atoms with Gasteiger partial charge in [-0.3, -0.25) is 19.8 Å². The smallest absolute Gasteiger partial charge is 0.353 e. The maximum Gasteiger partial charge on any atom is 0.353 e. The van der Waals surface area contributed by atoms with Gasteiger partial charge >= 0.3 is 5.97 Å². The van der Waals surface area contributed by atoms with Gasteiger partial charge in [-0.1, -0.05) is 23.7 Å². The molecule has 0 spiro atoms. The zero-order chi connectivity index (χ0) is 17.6. The third kappa shape index (κ3) is 2.64. The van der Waals surface area contributed by atoms with Crippen LogP contribution in [0.5, 0.6) is 0 Å². The summed E-state index contributed by atoms with van der Waals surface area (Å²) in [5.74, 6) is -1.74. The number of rotatable bonds is 4. The number of carbonyl (C=O) groups is 2. The quantitative estimate of drug-likeness (QED) is 0.465. The van der Waals surface area contributed by atoms with Crippen LogP contribution in [0.3, 0.4) is 0 Å². The van der Waals surface area contributed by atoms with Crippen molar-refractivity contribution in [3.8, 4) is 0 Å². The van der Waals surface area contributed by atoms with E-state index in [0.717, 1.165) is 10.5 Å². The van der Waals surface area contributed by atoms with Gasteiger partial charge in [0.25, 0.3) is 5.69 Å². The van der Waals surface area contributed by atoms with Crippen molar-refractivity contribution in [1.29, 1.82) is 0 Å². The Morgan fingerprint density at radius 2 is 2.04 bits per heavy atom. The second-order valence-electron chi connectivity index (χ2n) is 5.38. The number of carboxylic acids is 1. The summed E-state index contributed by atoms with van der Waals surface area (Å²) in [6, 6.07) is 5.20. The van der Waals surface area contributed by atoms with E-state index in [9.17, 15) is 24.8 Å². The number of carboxylic acid groups (broad SMARTS) is 1. The molecule has 1 aromatic rings. The fourth-order valence-corrected chi connectivity index (χ4v) is 4.55. The number of nitrogens with two attached hydrogens (primary N) is 1. The predicted molar refractivity (Wildman–Crippen MR) is 87.3 cm³/mol. The van der Waals surface area contributed by atoms with E-state index in [1.165, 1.54) is 23.9 Å². The van der Waals surface area contributed by atoms with Crippen LogP contribution in [-0.2, 0) is 16.0 Å². The number of nitro benzene ring substituents is 1. The zero-order valence-electron chi connectivity index (χ0n) is 12.1. The summed E-state index contributed by atoms with van der Waals surface area (Å²) < 4.78 is 0. The molecule has 0 radical (unpaired) electrons. The van der Waals surface area contributed by atoms with Gasteiger partial charge in [0.15, 0.2) is 0 Å². The predicted octanol–water partition coefficient (Wildman–Crippen LogP) is 1.28. The average Bonchev–Trinajstić information content (AvgIpc) is 2.55. The van der Waals surface area contributed by atoms with Crippen molar-refractivity contribution in [2.75, 3.05) is 0 Å². The van der Waals surface area contributed by atoms with E-state index in [2.05, 4.69) is 0 Å². The van der Waals surface area contributed by atoms with Crippen LogP contribution < -0.4 is 5.73 Å². The lowest BCUT2D eigenvalue weighted by molar-refractivity contribution is -0.384. The Morgan fingerprint density at radius 3 is 2.58 bits per heavy atom. The van der Waals surface area contributed by atoms with Crippen molar-refractivity contribution in [3.63, 3.8) is 0 Å². The van der Waals surface area contributed by atoms with Gasteiger partial charge in [0.1, 0.15) is 17.1 Å². The van der Waals surface area contributed by atoms with Crippen LogP contribution in [-0.4, -0.2) is 43.5 Å². The minimum atomic E-state index is -1.28. The number of nitro groups is 1. The summed E-state index contributed by atoms with van der Waals surface area (Å²) in [5, 5.41) is 19.3. The maximum atomic E-state index is 11.8. The van der Waals surface area contributed by atoms with Crippen molar-refractivity contribution >= 4 is 40.9 Å². The number of amides is 1. The normalized spacial score (nSPS) is 26.0. The number of halogens is 1. The highest BCUT2D eigenvalue weighted by molar-refractivity contribution is 8.01. The molecule has 8 nitrogen and oxygen atoms in total. The van der Waals surface area contributed by atoms with Crippen LogP contribution in [0.2, 0.25) is 0 Å². The monoisotopic (exact) mass is 369 g/mol. The van der Waals surface area contributed by atoms with Crippen molar-refractivity contribution < 1.29 is 19.6 Å². The molecular weight excluding hydrogens is 358 g/mol. The molecule has 3 rings (SSSR count). The minimum Gasteiger partial charge on any atom is -0.477 e. The number of β-lactam (4-membered cyclic amide) rings is 1. The van der Waals surface area contributed by atoms with Gasteiger partial charge in [0.05, 0.1) is 9.96 Å². The summed E-state index contributed by atoms with van der Waals surface area (Å²) in [6.07, 6.45) is 0.378. The molecule has 0 bridgehead atoms. The van der Waals surface area contributed by atoms with Crippen molar-refractivity contribution in [1.82, 2.24) is 4.90 Å². The van der Waals surface area contributed by atoms with E-state index in [0.29, 0.717) is 6.42 Å². The third-order valence-corrected chi connectivity index (χ3v) is 5.99. The molecule has 2 heterocycles. The molecule has 3 atom stereocenters. The van der Waals surface area contributed by atoms with Gasteiger partial charge in [-0.25, -0.2) is 4.79 Å². The summed E-state index contributed by atoms with van der Waals surface area (Å²) in [7, 11) is 0. The number of thioether (sulfide) groups is 1. The lowest BCUT2D eigenvalue weighted by Gasteiger charge is -2.49. The first-order chi connectivity index (χ1) is 11.3. The van der Waals surface area contributed by atoms with Crippen molar-refractivity contribution in [2.45, 2.75) is 23.1 Å². The molecule has 2 aliphatic heterocycles. The topological polar surface area (TPSA) is 127 Å². The highest BCUT2D eigenvalue weighted by Gasteiger charge is 2.53. The van der Waals surface area contributed by atoms with Crippen molar-refractivity contribution in [3.05, 3.63) is 50.7 Å². The average molecular weight is 370 g/mol. The minimum absolute atomic E-state index is 0.0271. The Hall–Kier alpha value is -2.10. The molecule has 10 heteroatoms. The van der Waals surface area contributed by atoms with Crippen LogP contribution in [0, 0.1) is 10.1 Å². The number of nitrogens with zero attached hydrogens (tertiary/aromatic N) is 2. The van der Waals surface area contributed by atoms with Crippen LogP contribution >= 0.6 is 23.4 Å². The maximum absolute atomic E-state index is 11.8. The first-order valence-electron chi connectivity index (χ1n) is 6.91. The van der Waals surface area contributed by atoms with Gasteiger partial charge in [0.2, 0.25) is 5.91 Å². The Labute approximate surface area is 145 Å². The van der Waals surface area contributed by atoms with Crippen LogP contribution in [0.1, 0.15) is 5.56 Å². The Balaban J connectivity index is 1.87. The molecule has 24 heavy (non-hydrogen) atoms. The lowest BCUT2D eigenvalue weighted by atomic mass is 10.0. The molecule has 1 amide bonds. The SMILES string of the molecule is NC1C(=O)N2C(C(=O)O)=C(Cl)C(Cc3ccc([N+](=O)[O-])cc3)S[C@H]12. The van der Waals surface area contributed by atoms with E-state index in [-0.39, 0.29) is 21.7 Å². The Morgan fingerprint density at radius 1 is 1.42 bits per heavy atom. The highest BCUT2D eigenvalue weighted by Crippen LogP contribution is 2.45. The van der Waals surface area contributed by atoms with Gasteiger partial charge in [-0.15, -0.1) is 11.8 Å². The molecule has 3 N–H and O–H groups in total. The summed E-state index contributed by atoms with van der Waals surface area (Å²) in [6.45, 7) is 0. The van der Waals surface area contributed by atoms with Crippen LogP contribution in [0.15, 0.2) is 35.0 Å².